The van der Waals surface area contributed by atoms with Crippen molar-refractivity contribution < 1.29 is 9.53 Å². The molecule has 3 aromatic rings. The quantitative estimate of drug-likeness (QED) is 0.605. The Morgan fingerprint density at radius 1 is 1.11 bits per heavy atom. The number of hydrogen-bond donors (Lipinski definition) is 2. The number of aryl methyl sites for hydroxylation is 1. The lowest BCUT2D eigenvalue weighted by molar-refractivity contribution is 0.102. The Morgan fingerprint density at radius 2 is 1.86 bits per heavy atom. The summed E-state index contributed by atoms with van der Waals surface area (Å²) in [5.41, 5.74) is 1.93. The van der Waals surface area contributed by atoms with Crippen molar-refractivity contribution >= 4 is 29.0 Å². The van der Waals surface area contributed by atoms with E-state index in [-0.39, 0.29) is 11.6 Å². The summed E-state index contributed by atoms with van der Waals surface area (Å²) in [5, 5.41) is 6.75. The topological polar surface area (TPSA) is 76.1 Å². The van der Waals surface area contributed by atoms with E-state index in [4.69, 9.17) is 16.3 Å². The van der Waals surface area contributed by atoms with Crippen LogP contribution < -0.4 is 15.4 Å². The number of hydrogen-bond acceptors (Lipinski definition) is 5. The second-order valence-corrected chi connectivity index (χ2v) is 6.49. The summed E-state index contributed by atoms with van der Waals surface area (Å²) >= 11 is 5.91. The Hall–Kier alpha value is -3.12. The second kappa shape index (κ2) is 9.19. The molecule has 0 saturated carbocycles. The van der Waals surface area contributed by atoms with Gasteiger partial charge in [0.1, 0.15) is 23.1 Å². The van der Waals surface area contributed by atoms with E-state index in [1.54, 1.807) is 19.1 Å². The molecule has 0 spiro atoms. The van der Waals surface area contributed by atoms with Gasteiger partial charge in [-0.1, -0.05) is 35.9 Å². The number of ether oxygens (including phenoxy) is 1. The monoisotopic (exact) mass is 396 g/mol. The maximum Gasteiger partial charge on any atom is 0.274 e. The van der Waals surface area contributed by atoms with E-state index in [1.807, 2.05) is 49.4 Å². The van der Waals surface area contributed by atoms with Crippen molar-refractivity contribution in [1.82, 2.24) is 9.97 Å². The fourth-order valence-corrected chi connectivity index (χ4v) is 2.73. The number of anilines is 2. The number of aromatic nitrogens is 2. The minimum absolute atomic E-state index is 0.275. The van der Waals surface area contributed by atoms with Gasteiger partial charge in [-0.25, -0.2) is 9.97 Å². The van der Waals surface area contributed by atoms with E-state index >= 15 is 0 Å². The third-order valence-corrected chi connectivity index (χ3v) is 4.14. The Balaban J connectivity index is 1.73. The van der Waals surface area contributed by atoms with E-state index in [9.17, 15) is 4.79 Å². The molecule has 0 fully saturated rings. The Bertz CT molecular complexity index is 961. The van der Waals surface area contributed by atoms with Gasteiger partial charge in [0.25, 0.3) is 5.91 Å². The van der Waals surface area contributed by atoms with E-state index in [2.05, 4.69) is 20.6 Å². The van der Waals surface area contributed by atoms with Crippen molar-refractivity contribution in [2.45, 2.75) is 20.4 Å². The first-order chi connectivity index (χ1) is 13.5. The molecule has 0 radical (unpaired) electrons. The molecular formula is C21H21ClN4O2. The Labute approximate surface area is 168 Å². The molecule has 0 aliphatic heterocycles. The zero-order valence-electron chi connectivity index (χ0n) is 15.7. The van der Waals surface area contributed by atoms with Crippen molar-refractivity contribution in [2.24, 2.45) is 0 Å². The van der Waals surface area contributed by atoms with E-state index in [0.717, 1.165) is 5.56 Å². The number of para-hydroxylation sites is 2. The molecule has 0 unspecified atom stereocenters. The van der Waals surface area contributed by atoms with E-state index < -0.39 is 0 Å². The van der Waals surface area contributed by atoms with Gasteiger partial charge in [-0.05, 0) is 43.7 Å². The molecule has 0 aliphatic carbocycles. The predicted molar refractivity (Wildman–Crippen MR) is 111 cm³/mol. The Kier molecular flexibility index (Phi) is 6.45. The van der Waals surface area contributed by atoms with Crippen LogP contribution in [-0.4, -0.2) is 22.5 Å². The fraction of sp³-hybridized carbons (Fsp3) is 0.190. The third-order valence-electron chi connectivity index (χ3n) is 3.89. The first-order valence-corrected chi connectivity index (χ1v) is 9.30. The summed E-state index contributed by atoms with van der Waals surface area (Å²) in [6.45, 7) is 4.71. The van der Waals surface area contributed by atoms with Crippen molar-refractivity contribution in [1.29, 1.82) is 0 Å². The maximum atomic E-state index is 12.7. The van der Waals surface area contributed by atoms with Crippen LogP contribution in [0.1, 0.15) is 28.8 Å². The number of amides is 1. The van der Waals surface area contributed by atoms with Gasteiger partial charge in [0.05, 0.1) is 12.3 Å². The minimum atomic E-state index is -0.327. The summed E-state index contributed by atoms with van der Waals surface area (Å²) < 4.78 is 5.55. The summed E-state index contributed by atoms with van der Waals surface area (Å²) in [4.78, 5) is 21.3. The number of nitrogens with one attached hydrogen (secondary N) is 2. The highest BCUT2D eigenvalue weighted by Gasteiger charge is 2.13. The SMILES string of the molecule is CCOc1ccccc1NC(=O)c1cc(NCc2ccc(Cl)cc2)nc(C)n1. The van der Waals surface area contributed by atoms with Gasteiger partial charge in [-0.3, -0.25) is 4.79 Å². The number of nitrogens with zero attached hydrogens (tertiary/aromatic N) is 2. The van der Waals surface area contributed by atoms with Crippen molar-refractivity contribution in [3.63, 3.8) is 0 Å². The average Bonchev–Trinajstić information content (AvgIpc) is 2.69. The summed E-state index contributed by atoms with van der Waals surface area (Å²) in [6.07, 6.45) is 0. The minimum Gasteiger partial charge on any atom is -0.492 e. The molecule has 3 rings (SSSR count). The zero-order valence-corrected chi connectivity index (χ0v) is 16.5. The fourth-order valence-electron chi connectivity index (χ4n) is 2.61. The first-order valence-electron chi connectivity index (χ1n) is 8.92. The number of carbonyl (C=O) groups is 1. The van der Waals surface area contributed by atoms with E-state index in [0.29, 0.717) is 41.3 Å². The lowest BCUT2D eigenvalue weighted by Gasteiger charge is -2.12. The maximum absolute atomic E-state index is 12.7. The summed E-state index contributed by atoms with van der Waals surface area (Å²) in [6, 6.07) is 16.4. The molecular weight excluding hydrogens is 376 g/mol. The van der Waals surface area contributed by atoms with Crippen LogP contribution in [0.4, 0.5) is 11.5 Å². The molecule has 2 aromatic carbocycles. The van der Waals surface area contributed by atoms with Crippen LogP contribution in [0, 0.1) is 6.92 Å². The number of carbonyl (C=O) groups excluding carboxylic acids is 1. The number of halogens is 1. The van der Waals surface area contributed by atoms with Gasteiger partial charge in [-0.15, -0.1) is 0 Å². The molecule has 0 aliphatic rings. The smallest absolute Gasteiger partial charge is 0.274 e. The van der Waals surface area contributed by atoms with Crippen LogP contribution in [0.25, 0.3) is 0 Å². The van der Waals surface area contributed by atoms with Crippen molar-refractivity contribution in [3.8, 4) is 5.75 Å². The molecule has 1 heterocycles. The standard InChI is InChI=1S/C21H21ClN4O2/c1-3-28-19-7-5-4-6-17(19)26-21(27)18-12-20(25-14(2)24-18)23-13-15-8-10-16(22)11-9-15/h4-12H,3,13H2,1-2H3,(H,26,27)(H,23,24,25). The molecule has 0 saturated heterocycles. The zero-order chi connectivity index (χ0) is 19.9. The molecule has 144 valence electrons. The third kappa shape index (κ3) is 5.20. The van der Waals surface area contributed by atoms with Crippen LogP contribution in [0.15, 0.2) is 54.6 Å². The van der Waals surface area contributed by atoms with Crippen molar-refractivity contribution in [2.75, 3.05) is 17.2 Å². The van der Waals surface area contributed by atoms with Crippen LogP contribution in [-0.2, 0) is 6.54 Å². The molecule has 1 amide bonds. The number of rotatable bonds is 7. The van der Waals surface area contributed by atoms with Gasteiger partial charge in [0, 0.05) is 17.6 Å². The molecule has 28 heavy (non-hydrogen) atoms. The second-order valence-electron chi connectivity index (χ2n) is 6.05. The molecule has 6 nitrogen and oxygen atoms in total. The van der Waals surface area contributed by atoms with Gasteiger partial charge in [0.2, 0.25) is 0 Å². The van der Waals surface area contributed by atoms with Crippen molar-refractivity contribution in [3.05, 3.63) is 76.7 Å². The predicted octanol–water partition coefficient (Wildman–Crippen LogP) is 4.70. The van der Waals surface area contributed by atoms with Gasteiger partial charge < -0.3 is 15.4 Å². The molecule has 7 heteroatoms. The summed E-state index contributed by atoms with van der Waals surface area (Å²) in [7, 11) is 0. The van der Waals surface area contributed by atoms with Crippen LogP contribution in [0.5, 0.6) is 5.75 Å². The van der Waals surface area contributed by atoms with Crippen LogP contribution in [0.2, 0.25) is 5.02 Å². The molecule has 0 bridgehead atoms. The van der Waals surface area contributed by atoms with Gasteiger partial charge >= 0.3 is 0 Å². The first kappa shape index (κ1) is 19.6. The van der Waals surface area contributed by atoms with Gasteiger partial charge in [0.15, 0.2) is 0 Å². The van der Waals surface area contributed by atoms with E-state index in [1.165, 1.54) is 0 Å². The largest absolute Gasteiger partial charge is 0.492 e. The highest BCUT2D eigenvalue weighted by molar-refractivity contribution is 6.30. The molecule has 2 N–H and O–H groups in total. The highest BCUT2D eigenvalue weighted by atomic mass is 35.5. The lowest BCUT2D eigenvalue weighted by Crippen LogP contribution is -2.16. The van der Waals surface area contributed by atoms with Crippen LogP contribution >= 0.6 is 11.6 Å². The number of benzene rings is 2. The van der Waals surface area contributed by atoms with Gasteiger partial charge in [-0.2, -0.15) is 0 Å². The average molecular weight is 397 g/mol. The summed E-state index contributed by atoms with van der Waals surface area (Å²) in [5.74, 6) is 1.37. The Morgan fingerprint density at radius 3 is 2.61 bits per heavy atom. The van der Waals surface area contributed by atoms with Crippen LogP contribution in [0.3, 0.4) is 0 Å². The highest BCUT2D eigenvalue weighted by Crippen LogP contribution is 2.24. The normalized spacial score (nSPS) is 10.4. The lowest BCUT2D eigenvalue weighted by atomic mass is 10.2. The molecule has 0 atom stereocenters. The molecule has 1 aromatic heterocycles.